The summed E-state index contributed by atoms with van der Waals surface area (Å²) in [5.74, 6) is 0.916. The second-order valence-corrected chi connectivity index (χ2v) is 6.84. The van der Waals surface area contributed by atoms with Crippen molar-refractivity contribution < 1.29 is 9.21 Å². The SMILES string of the molecule is O=C(c1cc(Cl)c[nH]1)N1CCC(c2nc3cc(Cl)ccc3o2)CC1. The molecule has 0 radical (unpaired) electrons. The van der Waals surface area contributed by atoms with Crippen molar-refractivity contribution in [3.8, 4) is 0 Å². The zero-order chi connectivity index (χ0) is 16.7. The van der Waals surface area contributed by atoms with E-state index in [0.717, 1.165) is 29.8 Å². The van der Waals surface area contributed by atoms with Crippen molar-refractivity contribution in [2.24, 2.45) is 0 Å². The minimum atomic E-state index is -0.0234. The molecule has 1 amide bonds. The fraction of sp³-hybridized carbons (Fsp3) is 0.294. The molecule has 2 aromatic heterocycles. The largest absolute Gasteiger partial charge is 0.440 e. The van der Waals surface area contributed by atoms with Crippen LogP contribution in [0.2, 0.25) is 10.0 Å². The van der Waals surface area contributed by atoms with Crippen molar-refractivity contribution in [1.29, 1.82) is 0 Å². The van der Waals surface area contributed by atoms with E-state index in [2.05, 4.69) is 9.97 Å². The maximum atomic E-state index is 12.4. The highest BCUT2D eigenvalue weighted by molar-refractivity contribution is 6.31. The molecule has 124 valence electrons. The first-order valence-electron chi connectivity index (χ1n) is 7.79. The third-order valence-electron chi connectivity index (χ3n) is 4.38. The van der Waals surface area contributed by atoms with Crippen LogP contribution in [-0.2, 0) is 0 Å². The van der Waals surface area contributed by atoms with Gasteiger partial charge in [0.1, 0.15) is 11.2 Å². The molecule has 0 spiro atoms. The lowest BCUT2D eigenvalue weighted by molar-refractivity contribution is 0.0701. The van der Waals surface area contributed by atoms with Crippen molar-refractivity contribution in [3.05, 3.63) is 52.1 Å². The number of rotatable bonds is 2. The van der Waals surface area contributed by atoms with Crippen LogP contribution in [0.4, 0.5) is 0 Å². The molecule has 1 saturated heterocycles. The summed E-state index contributed by atoms with van der Waals surface area (Å²) >= 11 is 11.9. The number of likely N-dealkylation sites (tertiary alicyclic amines) is 1. The highest BCUT2D eigenvalue weighted by Gasteiger charge is 2.28. The maximum absolute atomic E-state index is 12.4. The van der Waals surface area contributed by atoms with Crippen molar-refractivity contribution in [3.63, 3.8) is 0 Å². The zero-order valence-electron chi connectivity index (χ0n) is 12.8. The predicted octanol–water partition coefficient (Wildman–Crippen LogP) is 4.48. The molecule has 0 aliphatic carbocycles. The Morgan fingerprint density at radius 2 is 2.00 bits per heavy atom. The molecule has 5 nitrogen and oxygen atoms in total. The van der Waals surface area contributed by atoms with Crippen LogP contribution in [0.15, 0.2) is 34.9 Å². The van der Waals surface area contributed by atoms with E-state index in [1.54, 1.807) is 24.4 Å². The number of oxazole rings is 1. The number of piperidine rings is 1. The van der Waals surface area contributed by atoms with Crippen molar-refractivity contribution >= 4 is 40.2 Å². The highest BCUT2D eigenvalue weighted by atomic mass is 35.5. The summed E-state index contributed by atoms with van der Waals surface area (Å²) in [6.07, 6.45) is 3.26. The second kappa shape index (κ2) is 6.15. The van der Waals surface area contributed by atoms with E-state index in [0.29, 0.717) is 28.8 Å². The fourth-order valence-corrected chi connectivity index (χ4v) is 3.41. The van der Waals surface area contributed by atoms with Crippen LogP contribution in [0.5, 0.6) is 0 Å². The number of H-pyrrole nitrogens is 1. The van der Waals surface area contributed by atoms with E-state index in [1.807, 2.05) is 11.0 Å². The minimum absolute atomic E-state index is 0.0234. The fourth-order valence-electron chi connectivity index (χ4n) is 3.08. The molecule has 1 aliphatic rings. The molecular formula is C17H15Cl2N3O2. The number of nitrogens with zero attached hydrogens (tertiary/aromatic N) is 2. The average molecular weight is 364 g/mol. The lowest BCUT2D eigenvalue weighted by atomic mass is 9.96. The van der Waals surface area contributed by atoms with E-state index in [4.69, 9.17) is 27.6 Å². The summed E-state index contributed by atoms with van der Waals surface area (Å²) in [4.78, 5) is 21.7. The quantitative estimate of drug-likeness (QED) is 0.729. The van der Waals surface area contributed by atoms with Gasteiger partial charge in [0.15, 0.2) is 11.5 Å². The number of amides is 1. The molecule has 3 heterocycles. The van der Waals surface area contributed by atoms with Crippen LogP contribution in [-0.4, -0.2) is 33.9 Å². The minimum Gasteiger partial charge on any atom is -0.440 e. The van der Waals surface area contributed by atoms with Gasteiger partial charge in [-0.25, -0.2) is 4.98 Å². The summed E-state index contributed by atoms with van der Waals surface area (Å²) in [6, 6.07) is 7.08. The first-order valence-corrected chi connectivity index (χ1v) is 8.55. The number of nitrogens with one attached hydrogen (secondary N) is 1. The van der Waals surface area contributed by atoms with Gasteiger partial charge in [0, 0.05) is 30.2 Å². The maximum Gasteiger partial charge on any atom is 0.270 e. The van der Waals surface area contributed by atoms with Gasteiger partial charge in [0.25, 0.3) is 5.91 Å². The lowest BCUT2D eigenvalue weighted by Gasteiger charge is -2.30. The number of hydrogen-bond acceptors (Lipinski definition) is 3. The Bertz CT molecular complexity index is 894. The van der Waals surface area contributed by atoms with Crippen LogP contribution in [0.1, 0.15) is 35.1 Å². The van der Waals surface area contributed by atoms with Crippen LogP contribution >= 0.6 is 23.2 Å². The molecule has 1 aliphatic heterocycles. The molecular weight excluding hydrogens is 349 g/mol. The van der Waals surface area contributed by atoms with Crippen LogP contribution in [0, 0.1) is 0 Å². The summed E-state index contributed by atoms with van der Waals surface area (Å²) in [5, 5.41) is 1.19. The molecule has 24 heavy (non-hydrogen) atoms. The van der Waals surface area contributed by atoms with Crippen molar-refractivity contribution in [2.45, 2.75) is 18.8 Å². The number of hydrogen-bond donors (Lipinski definition) is 1. The van der Waals surface area contributed by atoms with Crippen LogP contribution in [0.25, 0.3) is 11.1 Å². The van der Waals surface area contributed by atoms with Gasteiger partial charge in [-0.05, 0) is 37.1 Å². The number of aromatic nitrogens is 2. The Hall–Kier alpha value is -1.98. The Morgan fingerprint density at radius 1 is 1.21 bits per heavy atom. The summed E-state index contributed by atoms with van der Waals surface area (Å²) in [6.45, 7) is 1.33. The molecule has 1 fully saturated rings. The topological polar surface area (TPSA) is 62.1 Å². The normalized spacial score (nSPS) is 16.0. The van der Waals surface area contributed by atoms with Gasteiger partial charge in [-0.1, -0.05) is 23.2 Å². The standard InChI is InChI=1S/C17H15Cl2N3O2/c18-11-1-2-15-13(7-11)21-16(24-15)10-3-5-22(6-4-10)17(23)14-8-12(19)9-20-14/h1-2,7-10,20H,3-6H2. The number of halogens is 2. The lowest BCUT2D eigenvalue weighted by Crippen LogP contribution is -2.38. The number of benzene rings is 1. The molecule has 0 bridgehead atoms. The van der Waals surface area contributed by atoms with E-state index in [1.165, 1.54) is 0 Å². The van der Waals surface area contributed by atoms with Crippen molar-refractivity contribution in [1.82, 2.24) is 14.9 Å². The number of carbonyl (C=O) groups is 1. The van der Waals surface area contributed by atoms with E-state index in [9.17, 15) is 4.79 Å². The molecule has 0 saturated carbocycles. The first-order chi connectivity index (χ1) is 11.6. The van der Waals surface area contributed by atoms with Crippen LogP contribution < -0.4 is 0 Å². The van der Waals surface area contributed by atoms with E-state index in [-0.39, 0.29) is 11.8 Å². The van der Waals surface area contributed by atoms with Crippen LogP contribution in [0.3, 0.4) is 0 Å². The summed E-state index contributed by atoms with van der Waals surface area (Å²) < 4.78 is 5.85. The van der Waals surface area contributed by atoms with Gasteiger partial charge >= 0.3 is 0 Å². The predicted molar refractivity (Wildman–Crippen MR) is 92.7 cm³/mol. The summed E-state index contributed by atoms with van der Waals surface area (Å²) in [7, 11) is 0. The monoisotopic (exact) mass is 363 g/mol. The Balaban J connectivity index is 1.46. The molecule has 4 rings (SSSR count). The molecule has 0 unspecified atom stereocenters. The smallest absolute Gasteiger partial charge is 0.270 e. The first kappa shape index (κ1) is 15.5. The average Bonchev–Trinajstić information content (AvgIpc) is 3.20. The third-order valence-corrected chi connectivity index (χ3v) is 4.83. The van der Waals surface area contributed by atoms with E-state index < -0.39 is 0 Å². The number of fused-ring (bicyclic) bond motifs is 1. The zero-order valence-corrected chi connectivity index (χ0v) is 14.3. The summed E-state index contributed by atoms with van der Waals surface area (Å²) in [5.41, 5.74) is 2.04. The van der Waals surface area contributed by atoms with Gasteiger partial charge in [-0.3, -0.25) is 4.79 Å². The molecule has 1 N–H and O–H groups in total. The van der Waals surface area contributed by atoms with Gasteiger partial charge in [0.2, 0.25) is 0 Å². The van der Waals surface area contributed by atoms with Gasteiger partial charge < -0.3 is 14.3 Å². The second-order valence-electron chi connectivity index (χ2n) is 5.96. The molecule has 3 aromatic rings. The van der Waals surface area contributed by atoms with Gasteiger partial charge in [-0.15, -0.1) is 0 Å². The Labute approximate surface area is 148 Å². The molecule has 0 atom stereocenters. The van der Waals surface area contributed by atoms with Gasteiger partial charge in [-0.2, -0.15) is 0 Å². The molecule has 1 aromatic carbocycles. The third kappa shape index (κ3) is 2.89. The highest BCUT2D eigenvalue weighted by Crippen LogP contribution is 2.31. The van der Waals surface area contributed by atoms with Crippen molar-refractivity contribution in [2.75, 3.05) is 13.1 Å². The molecule has 7 heteroatoms. The Kier molecular flexibility index (Phi) is 3.98. The number of aromatic amines is 1. The van der Waals surface area contributed by atoms with Gasteiger partial charge in [0.05, 0.1) is 5.02 Å². The number of carbonyl (C=O) groups excluding carboxylic acids is 1. The Morgan fingerprint density at radius 3 is 2.71 bits per heavy atom. The van der Waals surface area contributed by atoms with E-state index >= 15 is 0 Å².